The molecule has 2 aromatic rings. The van der Waals surface area contributed by atoms with Gasteiger partial charge in [0.25, 0.3) is 5.91 Å². The Morgan fingerprint density at radius 3 is 2.42 bits per heavy atom. The van der Waals surface area contributed by atoms with E-state index >= 15 is 0 Å². The Morgan fingerprint density at radius 1 is 1.00 bits per heavy atom. The van der Waals surface area contributed by atoms with Gasteiger partial charge in [-0.05, 0) is 18.2 Å². The van der Waals surface area contributed by atoms with Crippen molar-refractivity contribution in [2.45, 2.75) is 12.5 Å². The second-order valence-electron chi connectivity index (χ2n) is 6.46. The number of rotatable bonds is 3. The number of nitrogens with zero attached hydrogens (tertiary/aromatic N) is 3. The summed E-state index contributed by atoms with van der Waals surface area (Å²) >= 11 is 6.22. The smallest absolute Gasteiger partial charge is 0.267 e. The molecule has 2 aliphatic rings. The van der Waals surface area contributed by atoms with Crippen molar-refractivity contribution in [2.24, 2.45) is 5.16 Å². The van der Waals surface area contributed by atoms with Crippen molar-refractivity contribution in [3.63, 3.8) is 0 Å². The Balaban J connectivity index is 1.35. The summed E-state index contributed by atoms with van der Waals surface area (Å²) in [5.74, 6) is 0.00325. The molecule has 0 radical (unpaired) electrons. The van der Waals surface area contributed by atoms with E-state index in [9.17, 15) is 4.79 Å². The zero-order valence-electron chi connectivity index (χ0n) is 14.3. The number of para-hydroxylation sites is 1. The Hall–Kier alpha value is -2.53. The summed E-state index contributed by atoms with van der Waals surface area (Å²) in [5, 5.41) is 4.73. The molecule has 1 unspecified atom stereocenters. The predicted molar refractivity (Wildman–Crippen MR) is 103 cm³/mol. The summed E-state index contributed by atoms with van der Waals surface area (Å²) in [7, 11) is 0. The molecule has 1 amide bonds. The first-order valence-electron chi connectivity index (χ1n) is 8.79. The zero-order chi connectivity index (χ0) is 17.9. The first-order valence-corrected chi connectivity index (χ1v) is 9.16. The Bertz CT molecular complexity index is 817. The molecule has 134 valence electrons. The third-order valence-electron chi connectivity index (χ3n) is 4.84. The van der Waals surface area contributed by atoms with Gasteiger partial charge in [0.05, 0.1) is 5.71 Å². The van der Waals surface area contributed by atoms with Crippen LogP contribution in [0.25, 0.3) is 0 Å². The molecule has 1 saturated heterocycles. The number of hydrogen-bond acceptors (Lipinski definition) is 4. The van der Waals surface area contributed by atoms with E-state index in [2.05, 4.69) is 22.2 Å². The molecular weight excluding hydrogens is 350 g/mol. The molecule has 0 bridgehead atoms. The predicted octanol–water partition coefficient (Wildman–Crippen LogP) is 3.18. The van der Waals surface area contributed by atoms with Crippen LogP contribution >= 0.6 is 11.6 Å². The number of carbonyl (C=O) groups excluding carboxylic acids is 1. The van der Waals surface area contributed by atoms with Crippen molar-refractivity contribution in [3.05, 3.63) is 65.2 Å². The van der Waals surface area contributed by atoms with Crippen molar-refractivity contribution in [2.75, 3.05) is 31.1 Å². The quantitative estimate of drug-likeness (QED) is 0.834. The molecule has 26 heavy (non-hydrogen) atoms. The lowest BCUT2D eigenvalue weighted by atomic mass is 10.0. The van der Waals surface area contributed by atoms with Crippen LogP contribution in [-0.4, -0.2) is 48.8 Å². The number of oxime groups is 1. The van der Waals surface area contributed by atoms with Gasteiger partial charge >= 0.3 is 0 Å². The third-order valence-corrected chi connectivity index (χ3v) is 5.17. The van der Waals surface area contributed by atoms with Crippen molar-refractivity contribution in [1.82, 2.24) is 4.90 Å². The van der Waals surface area contributed by atoms with Crippen LogP contribution in [-0.2, 0) is 9.63 Å². The van der Waals surface area contributed by atoms with E-state index in [1.165, 1.54) is 5.69 Å². The fourth-order valence-corrected chi connectivity index (χ4v) is 3.64. The summed E-state index contributed by atoms with van der Waals surface area (Å²) in [5.41, 5.74) is 2.76. The van der Waals surface area contributed by atoms with E-state index in [1.807, 2.05) is 47.4 Å². The van der Waals surface area contributed by atoms with Gasteiger partial charge in [-0.2, -0.15) is 0 Å². The van der Waals surface area contributed by atoms with Crippen molar-refractivity contribution < 1.29 is 9.63 Å². The molecule has 1 fully saturated rings. The van der Waals surface area contributed by atoms with Gasteiger partial charge < -0.3 is 14.6 Å². The van der Waals surface area contributed by atoms with Crippen LogP contribution in [0, 0.1) is 0 Å². The van der Waals surface area contributed by atoms with Gasteiger partial charge in [-0.1, -0.05) is 53.2 Å². The molecule has 4 rings (SSSR count). The average Bonchev–Trinajstić information content (AvgIpc) is 3.18. The highest BCUT2D eigenvalue weighted by Gasteiger charge is 2.34. The lowest BCUT2D eigenvalue weighted by Gasteiger charge is -2.36. The number of anilines is 1. The lowest BCUT2D eigenvalue weighted by molar-refractivity contribution is -0.142. The topological polar surface area (TPSA) is 45.1 Å². The zero-order valence-corrected chi connectivity index (χ0v) is 15.1. The first kappa shape index (κ1) is 16.9. The second kappa shape index (κ2) is 7.38. The van der Waals surface area contributed by atoms with Gasteiger partial charge in [-0.3, -0.25) is 4.79 Å². The minimum atomic E-state index is -0.551. The molecular formula is C20H20ClN3O2. The van der Waals surface area contributed by atoms with Gasteiger partial charge in [0.15, 0.2) is 0 Å². The number of hydrogen-bond donors (Lipinski definition) is 0. The number of amides is 1. The fourth-order valence-electron chi connectivity index (χ4n) is 3.39. The highest BCUT2D eigenvalue weighted by Crippen LogP contribution is 2.24. The van der Waals surface area contributed by atoms with E-state index in [0.29, 0.717) is 24.5 Å². The van der Waals surface area contributed by atoms with Gasteiger partial charge in [-0.15, -0.1) is 0 Å². The van der Waals surface area contributed by atoms with Gasteiger partial charge in [0.2, 0.25) is 6.10 Å². The minimum Gasteiger partial charge on any atom is -0.382 e. The fraction of sp³-hybridized carbons (Fsp3) is 0.300. The Morgan fingerprint density at radius 2 is 1.69 bits per heavy atom. The standard InChI is InChI=1S/C20H20ClN3O2/c21-17-9-5-4-8-16(17)18-14-19(26-22-18)20(25)24-12-10-23(11-13-24)15-6-2-1-3-7-15/h1-9,19H,10-14H2. The van der Waals surface area contributed by atoms with Gasteiger partial charge in [0.1, 0.15) is 0 Å². The van der Waals surface area contributed by atoms with E-state index in [4.69, 9.17) is 16.4 Å². The Kier molecular flexibility index (Phi) is 4.80. The monoisotopic (exact) mass is 369 g/mol. The van der Waals surface area contributed by atoms with Crippen molar-refractivity contribution >= 4 is 28.9 Å². The number of halogens is 1. The summed E-state index contributed by atoms with van der Waals surface area (Å²) in [4.78, 5) is 22.4. The molecule has 6 heteroatoms. The van der Waals surface area contributed by atoms with Crippen molar-refractivity contribution in [3.8, 4) is 0 Å². The lowest BCUT2D eigenvalue weighted by Crippen LogP contribution is -2.51. The molecule has 1 atom stereocenters. The van der Waals surface area contributed by atoms with Gasteiger partial charge in [0, 0.05) is 48.9 Å². The van der Waals surface area contributed by atoms with Crippen LogP contribution < -0.4 is 4.90 Å². The number of carbonyl (C=O) groups is 1. The third kappa shape index (κ3) is 3.40. The van der Waals surface area contributed by atoms with Crippen LogP contribution in [0.5, 0.6) is 0 Å². The highest BCUT2D eigenvalue weighted by atomic mass is 35.5. The van der Waals surface area contributed by atoms with E-state index in [-0.39, 0.29) is 5.91 Å². The van der Waals surface area contributed by atoms with E-state index < -0.39 is 6.10 Å². The first-order chi connectivity index (χ1) is 12.7. The molecule has 5 nitrogen and oxygen atoms in total. The molecule has 0 aliphatic carbocycles. The molecule has 2 aliphatic heterocycles. The van der Waals surface area contributed by atoms with E-state index in [0.717, 1.165) is 24.4 Å². The molecule has 0 aromatic heterocycles. The number of piperazine rings is 1. The largest absolute Gasteiger partial charge is 0.382 e. The van der Waals surface area contributed by atoms with Crippen LogP contribution in [0.4, 0.5) is 5.69 Å². The van der Waals surface area contributed by atoms with Crippen LogP contribution in [0.2, 0.25) is 5.02 Å². The molecule has 0 saturated carbocycles. The maximum atomic E-state index is 12.8. The van der Waals surface area contributed by atoms with Crippen LogP contribution in [0.15, 0.2) is 59.8 Å². The molecule has 2 aromatic carbocycles. The maximum absolute atomic E-state index is 12.8. The SMILES string of the molecule is O=C(C1CC(c2ccccc2Cl)=NO1)N1CCN(c2ccccc2)CC1. The summed E-state index contributed by atoms with van der Waals surface area (Å²) in [6.45, 7) is 3.02. The summed E-state index contributed by atoms with van der Waals surface area (Å²) in [6, 6.07) is 17.8. The van der Waals surface area contributed by atoms with Crippen LogP contribution in [0.1, 0.15) is 12.0 Å². The molecule has 2 heterocycles. The average molecular weight is 370 g/mol. The van der Waals surface area contributed by atoms with Gasteiger partial charge in [-0.25, -0.2) is 0 Å². The number of benzene rings is 2. The highest BCUT2D eigenvalue weighted by molar-refractivity contribution is 6.34. The minimum absolute atomic E-state index is 0.00325. The van der Waals surface area contributed by atoms with Crippen LogP contribution in [0.3, 0.4) is 0 Å². The normalized spacial score (nSPS) is 19.9. The second-order valence-corrected chi connectivity index (χ2v) is 6.87. The maximum Gasteiger partial charge on any atom is 0.267 e. The molecule has 0 N–H and O–H groups in total. The van der Waals surface area contributed by atoms with Crippen molar-refractivity contribution in [1.29, 1.82) is 0 Å². The summed E-state index contributed by atoms with van der Waals surface area (Å²) < 4.78 is 0. The summed E-state index contributed by atoms with van der Waals surface area (Å²) in [6.07, 6.45) is -0.0916. The molecule has 0 spiro atoms. The Labute approximate surface area is 157 Å². The van der Waals surface area contributed by atoms with E-state index in [1.54, 1.807) is 0 Å².